The Balaban J connectivity index is 1.51. The molecule has 4 aromatic rings. The van der Waals surface area contributed by atoms with Crippen molar-refractivity contribution in [3.05, 3.63) is 90.4 Å². The number of aromatic nitrogens is 4. The van der Waals surface area contributed by atoms with E-state index in [0.717, 1.165) is 0 Å². The number of hydrogen-bond acceptors (Lipinski definition) is 7. The maximum atomic E-state index is 12.6. The second-order valence-corrected chi connectivity index (χ2v) is 8.38. The van der Waals surface area contributed by atoms with E-state index in [0.29, 0.717) is 23.0 Å². The zero-order valence-electron chi connectivity index (χ0n) is 16.9. The van der Waals surface area contributed by atoms with Gasteiger partial charge in [-0.3, -0.25) is 19.8 Å². The molecule has 2 aromatic heterocycles. The van der Waals surface area contributed by atoms with E-state index in [1.807, 2.05) is 6.07 Å². The summed E-state index contributed by atoms with van der Waals surface area (Å²) in [6, 6.07) is 19.4. The number of anilines is 2. The second kappa shape index (κ2) is 8.90. The molecule has 0 atom stereocenters. The molecule has 2 N–H and O–H groups in total. The molecule has 2 aromatic carbocycles. The first-order valence-corrected chi connectivity index (χ1v) is 11.0. The molecule has 4 rings (SSSR count). The summed E-state index contributed by atoms with van der Waals surface area (Å²) >= 11 is 0. The number of benzene rings is 2. The number of nitrogens with one attached hydrogen (secondary N) is 2. The maximum absolute atomic E-state index is 12.6. The van der Waals surface area contributed by atoms with Crippen LogP contribution in [0, 0.1) is 6.92 Å². The fraction of sp³-hybridized carbons (Fsp3) is 0.0455. The lowest BCUT2D eigenvalue weighted by Gasteiger charge is -2.09. The van der Waals surface area contributed by atoms with Crippen LogP contribution in [0.15, 0.2) is 83.9 Å². The summed E-state index contributed by atoms with van der Waals surface area (Å²) in [7, 11) is -3.78. The van der Waals surface area contributed by atoms with Gasteiger partial charge in [0.1, 0.15) is 11.5 Å². The van der Waals surface area contributed by atoms with E-state index in [1.165, 1.54) is 24.3 Å². The summed E-state index contributed by atoms with van der Waals surface area (Å²) < 4.78 is 27.6. The summed E-state index contributed by atoms with van der Waals surface area (Å²) in [5, 5.41) is 2.61. The van der Waals surface area contributed by atoms with E-state index in [9.17, 15) is 13.2 Å². The smallest absolute Gasteiger partial charge is 0.261 e. The van der Waals surface area contributed by atoms with Crippen LogP contribution in [0.4, 0.5) is 11.6 Å². The molecule has 0 saturated carbocycles. The van der Waals surface area contributed by atoms with Gasteiger partial charge < -0.3 is 0 Å². The Morgan fingerprint density at radius 1 is 0.844 bits per heavy atom. The van der Waals surface area contributed by atoms with Crippen molar-refractivity contribution < 1.29 is 13.2 Å². The highest BCUT2D eigenvalue weighted by Gasteiger charge is 2.16. The predicted octanol–water partition coefficient (Wildman–Crippen LogP) is 3.30. The Labute approximate surface area is 184 Å². The first-order valence-electron chi connectivity index (χ1n) is 9.54. The first kappa shape index (κ1) is 21.1. The van der Waals surface area contributed by atoms with Crippen LogP contribution >= 0.6 is 0 Å². The number of carbonyl (C=O) groups is 1. The van der Waals surface area contributed by atoms with Crippen LogP contribution in [0.2, 0.25) is 0 Å². The normalized spacial score (nSPS) is 11.0. The van der Waals surface area contributed by atoms with Crippen LogP contribution < -0.4 is 10.0 Å². The zero-order chi connectivity index (χ0) is 22.6. The number of hydrogen-bond donors (Lipinski definition) is 2. The van der Waals surface area contributed by atoms with Gasteiger partial charge in [0.05, 0.1) is 4.90 Å². The van der Waals surface area contributed by atoms with Crippen LogP contribution in [0.5, 0.6) is 0 Å². The minimum Gasteiger partial charge on any atom is -0.290 e. The lowest BCUT2D eigenvalue weighted by Crippen LogP contribution is -2.16. The van der Waals surface area contributed by atoms with Crippen LogP contribution in [-0.2, 0) is 10.0 Å². The van der Waals surface area contributed by atoms with Gasteiger partial charge in [-0.05, 0) is 55.5 Å². The van der Waals surface area contributed by atoms with E-state index in [-0.39, 0.29) is 16.4 Å². The summed E-state index contributed by atoms with van der Waals surface area (Å²) in [6.45, 7) is 1.68. The molecule has 0 bridgehead atoms. The number of pyridine rings is 1. The standard InChI is InChI=1S/C22H18N6O3S/c1-15-24-20(19-9-5-6-14-23-19)26-22(25-15)27-21(29)16-10-12-18(13-11-16)32(30,31)28-17-7-3-2-4-8-17/h2-14,28H,1H3,(H,24,25,26,27,29). The van der Waals surface area contributed by atoms with Crippen LogP contribution in [0.3, 0.4) is 0 Å². The Bertz CT molecular complexity index is 1350. The number of carbonyl (C=O) groups excluding carboxylic acids is 1. The van der Waals surface area contributed by atoms with Gasteiger partial charge >= 0.3 is 0 Å². The van der Waals surface area contributed by atoms with Crippen LogP contribution in [0.25, 0.3) is 11.5 Å². The fourth-order valence-corrected chi connectivity index (χ4v) is 3.89. The van der Waals surface area contributed by atoms with E-state index in [4.69, 9.17) is 0 Å². The number of nitrogens with zero attached hydrogens (tertiary/aromatic N) is 4. The summed E-state index contributed by atoms with van der Waals surface area (Å²) in [4.78, 5) is 29.5. The number of sulfonamides is 1. The molecule has 0 saturated heterocycles. The van der Waals surface area contributed by atoms with Gasteiger partial charge in [-0.2, -0.15) is 9.97 Å². The van der Waals surface area contributed by atoms with Gasteiger partial charge in [0.25, 0.3) is 15.9 Å². The Morgan fingerprint density at radius 2 is 1.56 bits per heavy atom. The number of amides is 1. The molecule has 160 valence electrons. The fourth-order valence-electron chi connectivity index (χ4n) is 2.83. The van der Waals surface area contributed by atoms with Gasteiger partial charge in [-0.25, -0.2) is 13.4 Å². The third kappa shape index (κ3) is 4.93. The van der Waals surface area contributed by atoms with E-state index >= 15 is 0 Å². The molecule has 0 fully saturated rings. The highest BCUT2D eigenvalue weighted by molar-refractivity contribution is 7.92. The zero-order valence-corrected chi connectivity index (χ0v) is 17.7. The van der Waals surface area contributed by atoms with Crippen molar-refractivity contribution in [3.63, 3.8) is 0 Å². The topological polar surface area (TPSA) is 127 Å². The highest BCUT2D eigenvalue weighted by Crippen LogP contribution is 2.17. The van der Waals surface area contributed by atoms with E-state index < -0.39 is 15.9 Å². The molecule has 9 nitrogen and oxygen atoms in total. The Kier molecular flexibility index (Phi) is 5.86. The van der Waals surface area contributed by atoms with Gasteiger partial charge in [-0.15, -0.1) is 0 Å². The van der Waals surface area contributed by atoms with Crippen molar-refractivity contribution in [1.82, 2.24) is 19.9 Å². The van der Waals surface area contributed by atoms with Gasteiger partial charge in [0, 0.05) is 17.4 Å². The molecular formula is C22H18N6O3S. The molecule has 32 heavy (non-hydrogen) atoms. The van der Waals surface area contributed by atoms with Crippen molar-refractivity contribution in [2.24, 2.45) is 0 Å². The highest BCUT2D eigenvalue weighted by atomic mass is 32.2. The number of rotatable bonds is 6. The van der Waals surface area contributed by atoms with Gasteiger partial charge in [0.15, 0.2) is 5.82 Å². The van der Waals surface area contributed by atoms with Gasteiger partial charge in [-0.1, -0.05) is 24.3 Å². The number of aryl methyl sites for hydroxylation is 1. The first-order chi connectivity index (χ1) is 15.4. The maximum Gasteiger partial charge on any atom is 0.261 e. The minimum atomic E-state index is -3.78. The minimum absolute atomic E-state index is 0.0337. The Morgan fingerprint density at radius 3 is 2.25 bits per heavy atom. The molecule has 10 heteroatoms. The average Bonchev–Trinajstić information content (AvgIpc) is 2.80. The average molecular weight is 446 g/mol. The third-order valence-corrected chi connectivity index (χ3v) is 5.72. The van der Waals surface area contributed by atoms with Crippen molar-refractivity contribution in [2.75, 3.05) is 10.0 Å². The van der Waals surface area contributed by atoms with Crippen LogP contribution in [0.1, 0.15) is 16.2 Å². The van der Waals surface area contributed by atoms with Crippen molar-refractivity contribution >= 4 is 27.6 Å². The number of para-hydroxylation sites is 1. The molecule has 0 unspecified atom stereocenters. The van der Waals surface area contributed by atoms with Crippen molar-refractivity contribution in [1.29, 1.82) is 0 Å². The molecule has 0 aliphatic heterocycles. The second-order valence-electron chi connectivity index (χ2n) is 6.69. The quantitative estimate of drug-likeness (QED) is 0.465. The van der Waals surface area contributed by atoms with E-state index in [2.05, 4.69) is 30.0 Å². The molecule has 0 aliphatic carbocycles. The Hall–Kier alpha value is -4.18. The molecule has 1 amide bonds. The monoisotopic (exact) mass is 446 g/mol. The lowest BCUT2D eigenvalue weighted by atomic mass is 10.2. The largest absolute Gasteiger partial charge is 0.290 e. The summed E-state index contributed by atoms with van der Waals surface area (Å²) in [5.41, 5.74) is 1.25. The van der Waals surface area contributed by atoms with Gasteiger partial charge in [0.2, 0.25) is 5.95 Å². The molecule has 2 heterocycles. The summed E-state index contributed by atoms with van der Waals surface area (Å²) in [5.74, 6) is 0.347. The summed E-state index contributed by atoms with van der Waals surface area (Å²) in [6.07, 6.45) is 1.62. The molecule has 0 spiro atoms. The third-order valence-electron chi connectivity index (χ3n) is 4.32. The molecule has 0 radical (unpaired) electrons. The van der Waals surface area contributed by atoms with Crippen LogP contribution in [-0.4, -0.2) is 34.3 Å². The molecular weight excluding hydrogens is 428 g/mol. The SMILES string of the molecule is Cc1nc(NC(=O)c2ccc(S(=O)(=O)Nc3ccccc3)cc2)nc(-c2ccccn2)n1. The lowest BCUT2D eigenvalue weighted by molar-refractivity contribution is 0.102. The predicted molar refractivity (Wildman–Crippen MR) is 119 cm³/mol. The van der Waals surface area contributed by atoms with Crippen molar-refractivity contribution in [2.45, 2.75) is 11.8 Å². The van der Waals surface area contributed by atoms with Crippen molar-refractivity contribution in [3.8, 4) is 11.5 Å². The van der Waals surface area contributed by atoms with E-state index in [1.54, 1.807) is 55.6 Å². The molecule has 0 aliphatic rings.